The number of nitrogens with two attached hydrogens (primary N) is 1. The zero-order valence-corrected chi connectivity index (χ0v) is 15.7. The molecule has 1 aliphatic rings. The highest BCUT2D eigenvalue weighted by atomic mass is 32.2. The second-order valence-corrected chi connectivity index (χ2v) is 7.53. The first kappa shape index (κ1) is 19.6. The summed E-state index contributed by atoms with van der Waals surface area (Å²) in [4.78, 5) is 24.3. The smallest absolute Gasteiger partial charge is 0.338 e. The van der Waals surface area contributed by atoms with Gasteiger partial charge in [-0.05, 0) is 43.3 Å². The SMILES string of the molecule is C[C@@H](OC(=O)c1ccc(S(N)(=O)=O)cc1)C(=O)Nc1ccc2c(c1)OCCO2. The van der Waals surface area contributed by atoms with Gasteiger partial charge in [-0.3, -0.25) is 4.79 Å². The Morgan fingerprint density at radius 2 is 1.71 bits per heavy atom. The molecule has 1 heterocycles. The number of benzene rings is 2. The summed E-state index contributed by atoms with van der Waals surface area (Å²) in [6, 6.07) is 9.82. The van der Waals surface area contributed by atoms with Crippen molar-refractivity contribution in [1.82, 2.24) is 0 Å². The minimum absolute atomic E-state index is 0.0892. The summed E-state index contributed by atoms with van der Waals surface area (Å²) in [6.45, 7) is 2.30. The van der Waals surface area contributed by atoms with Gasteiger partial charge >= 0.3 is 5.97 Å². The summed E-state index contributed by atoms with van der Waals surface area (Å²) in [5, 5.41) is 7.64. The van der Waals surface area contributed by atoms with Crippen LogP contribution in [0.3, 0.4) is 0 Å². The van der Waals surface area contributed by atoms with Crippen molar-refractivity contribution in [2.45, 2.75) is 17.9 Å². The predicted molar refractivity (Wildman–Crippen MR) is 98.8 cm³/mol. The molecule has 3 rings (SSSR count). The number of hydrogen-bond acceptors (Lipinski definition) is 7. The van der Waals surface area contributed by atoms with Crippen molar-refractivity contribution in [3.05, 3.63) is 48.0 Å². The first-order valence-corrected chi connectivity index (χ1v) is 9.83. The van der Waals surface area contributed by atoms with Gasteiger partial charge in [0.15, 0.2) is 17.6 Å². The highest BCUT2D eigenvalue weighted by molar-refractivity contribution is 7.89. The number of nitrogens with one attached hydrogen (secondary N) is 1. The molecule has 1 aliphatic heterocycles. The number of ether oxygens (including phenoxy) is 3. The summed E-state index contributed by atoms with van der Waals surface area (Å²) in [7, 11) is -3.86. The lowest BCUT2D eigenvalue weighted by molar-refractivity contribution is -0.123. The average molecular weight is 406 g/mol. The normalized spacial score (nSPS) is 14.1. The molecule has 0 radical (unpaired) electrons. The number of anilines is 1. The second-order valence-electron chi connectivity index (χ2n) is 5.96. The lowest BCUT2D eigenvalue weighted by Crippen LogP contribution is -2.30. The van der Waals surface area contributed by atoms with Crippen LogP contribution in [0.25, 0.3) is 0 Å². The molecule has 0 saturated carbocycles. The third-order valence-corrected chi connectivity index (χ3v) is 4.81. The molecule has 0 saturated heterocycles. The molecule has 2 aromatic carbocycles. The third-order valence-electron chi connectivity index (χ3n) is 3.88. The molecule has 3 N–H and O–H groups in total. The van der Waals surface area contributed by atoms with Crippen LogP contribution >= 0.6 is 0 Å². The van der Waals surface area contributed by atoms with Gasteiger partial charge in [0.1, 0.15) is 13.2 Å². The molecule has 0 aromatic heterocycles. The summed E-state index contributed by atoms with van der Waals surface area (Å²) >= 11 is 0. The number of carbonyl (C=O) groups excluding carboxylic acids is 2. The van der Waals surface area contributed by atoms with Crippen molar-refractivity contribution in [1.29, 1.82) is 0 Å². The molecule has 10 heteroatoms. The lowest BCUT2D eigenvalue weighted by atomic mass is 10.2. The van der Waals surface area contributed by atoms with E-state index in [1.807, 2.05) is 0 Å². The number of sulfonamides is 1. The van der Waals surface area contributed by atoms with E-state index in [0.29, 0.717) is 30.4 Å². The molecule has 0 bridgehead atoms. The van der Waals surface area contributed by atoms with Crippen molar-refractivity contribution in [3.8, 4) is 11.5 Å². The number of carbonyl (C=O) groups is 2. The van der Waals surface area contributed by atoms with E-state index in [9.17, 15) is 18.0 Å². The maximum atomic E-state index is 12.3. The average Bonchev–Trinajstić information content (AvgIpc) is 2.67. The standard InChI is InChI=1S/C18H18N2O7S/c1-11(27-18(22)12-2-5-14(6-3-12)28(19,23)24)17(21)20-13-4-7-15-16(10-13)26-9-8-25-15/h2-7,10-11H,8-9H2,1H3,(H,20,21)(H2,19,23,24)/t11-/m1/s1. The number of primary sulfonamides is 1. The predicted octanol–water partition coefficient (Wildman–Crippen LogP) is 1.29. The Hall–Kier alpha value is -3.11. The number of hydrogen-bond donors (Lipinski definition) is 2. The van der Waals surface area contributed by atoms with E-state index in [0.717, 1.165) is 0 Å². The van der Waals surface area contributed by atoms with Crippen LogP contribution in [0.5, 0.6) is 11.5 Å². The fraction of sp³-hybridized carbons (Fsp3) is 0.222. The molecule has 2 aromatic rings. The maximum Gasteiger partial charge on any atom is 0.338 e. The van der Waals surface area contributed by atoms with Crippen LogP contribution in [0, 0.1) is 0 Å². The van der Waals surface area contributed by atoms with Crippen LogP contribution in [0.15, 0.2) is 47.4 Å². The van der Waals surface area contributed by atoms with Crippen molar-refractivity contribution in [2.75, 3.05) is 18.5 Å². The highest BCUT2D eigenvalue weighted by Crippen LogP contribution is 2.32. The van der Waals surface area contributed by atoms with Crippen molar-refractivity contribution < 1.29 is 32.2 Å². The van der Waals surface area contributed by atoms with Gasteiger partial charge < -0.3 is 19.5 Å². The van der Waals surface area contributed by atoms with E-state index in [-0.39, 0.29) is 10.5 Å². The molecule has 148 valence electrons. The maximum absolute atomic E-state index is 12.3. The summed E-state index contributed by atoms with van der Waals surface area (Å²) in [5.41, 5.74) is 0.557. The number of rotatable bonds is 5. The Bertz CT molecular complexity index is 1000. The van der Waals surface area contributed by atoms with Crippen LogP contribution in [-0.4, -0.2) is 39.6 Å². The molecule has 9 nitrogen and oxygen atoms in total. The number of esters is 1. The Morgan fingerprint density at radius 3 is 2.36 bits per heavy atom. The Morgan fingerprint density at radius 1 is 1.07 bits per heavy atom. The minimum Gasteiger partial charge on any atom is -0.486 e. The highest BCUT2D eigenvalue weighted by Gasteiger charge is 2.20. The van der Waals surface area contributed by atoms with E-state index < -0.39 is 28.0 Å². The summed E-state index contributed by atoms with van der Waals surface area (Å²) in [5.74, 6) is -0.202. The van der Waals surface area contributed by atoms with E-state index in [2.05, 4.69) is 5.32 Å². The first-order chi connectivity index (χ1) is 13.2. The molecule has 0 unspecified atom stereocenters. The Kier molecular flexibility index (Phi) is 5.52. The van der Waals surface area contributed by atoms with Gasteiger partial charge in [-0.25, -0.2) is 18.4 Å². The summed E-state index contributed by atoms with van der Waals surface area (Å²) in [6.07, 6.45) is -1.08. The van der Waals surface area contributed by atoms with Crippen molar-refractivity contribution >= 4 is 27.6 Å². The van der Waals surface area contributed by atoms with Gasteiger partial charge in [-0.1, -0.05) is 0 Å². The zero-order valence-electron chi connectivity index (χ0n) is 14.9. The van der Waals surface area contributed by atoms with E-state index >= 15 is 0 Å². The van der Waals surface area contributed by atoms with E-state index in [4.69, 9.17) is 19.3 Å². The van der Waals surface area contributed by atoms with Gasteiger partial charge in [-0.15, -0.1) is 0 Å². The number of amides is 1. The Balaban J connectivity index is 1.61. The lowest BCUT2D eigenvalue weighted by Gasteiger charge is -2.19. The fourth-order valence-electron chi connectivity index (χ4n) is 2.43. The fourth-order valence-corrected chi connectivity index (χ4v) is 2.94. The largest absolute Gasteiger partial charge is 0.486 e. The summed E-state index contributed by atoms with van der Waals surface area (Å²) < 4.78 is 38.5. The Labute approximate surface area is 161 Å². The first-order valence-electron chi connectivity index (χ1n) is 8.28. The molecular formula is C18H18N2O7S. The molecule has 0 fully saturated rings. The topological polar surface area (TPSA) is 134 Å². The third kappa shape index (κ3) is 4.59. The molecule has 0 spiro atoms. The van der Waals surface area contributed by atoms with E-state index in [1.54, 1.807) is 18.2 Å². The van der Waals surface area contributed by atoms with Crippen LogP contribution in [0.4, 0.5) is 5.69 Å². The molecule has 28 heavy (non-hydrogen) atoms. The van der Waals surface area contributed by atoms with Gasteiger partial charge in [-0.2, -0.15) is 0 Å². The van der Waals surface area contributed by atoms with Gasteiger partial charge in [0, 0.05) is 11.8 Å². The molecular weight excluding hydrogens is 388 g/mol. The van der Waals surface area contributed by atoms with Gasteiger partial charge in [0.05, 0.1) is 10.5 Å². The van der Waals surface area contributed by atoms with Crippen molar-refractivity contribution in [3.63, 3.8) is 0 Å². The second kappa shape index (κ2) is 7.87. The van der Waals surface area contributed by atoms with Gasteiger partial charge in [0.25, 0.3) is 5.91 Å². The number of fused-ring (bicyclic) bond motifs is 1. The van der Waals surface area contributed by atoms with Crippen LogP contribution in [0.2, 0.25) is 0 Å². The molecule has 1 amide bonds. The van der Waals surface area contributed by atoms with E-state index in [1.165, 1.54) is 31.2 Å². The minimum atomic E-state index is -3.86. The zero-order chi connectivity index (χ0) is 20.3. The van der Waals surface area contributed by atoms with Gasteiger partial charge in [0.2, 0.25) is 10.0 Å². The van der Waals surface area contributed by atoms with Crippen LogP contribution < -0.4 is 19.9 Å². The van der Waals surface area contributed by atoms with Crippen molar-refractivity contribution in [2.24, 2.45) is 5.14 Å². The quantitative estimate of drug-likeness (QED) is 0.715. The molecule has 1 atom stereocenters. The monoisotopic (exact) mass is 406 g/mol. The van der Waals surface area contributed by atoms with Crippen LogP contribution in [0.1, 0.15) is 17.3 Å². The molecule has 0 aliphatic carbocycles. The van der Waals surface area contributed by atoms with Crippen LogP contribution in [-0.2, 0) is 19.6 Å².